The van der Waals surface area contributed by atoms with E-state index in [1.54, 1.807) is 6.07 Å². The standard InChI is InChI=1S/C15H24N4/c1-11(2)12-5-4-9-19(10-8-12)14-7-3-6-13(18-14)15(16)17/h3,6-7,11-12H,4-5,8-10H2,1-2H3,(H3,16,17). The number of nitrogens with zero attached hydrogens (tertiary/aromatic N) is 2. The first-order chi connectivity index (χ1) is 9.08. The van der Waals surface area contributed by atoms with E-state index in [2.05, 4.69) is 23.7 Å². The Morgan fingerprint density at radius 2 is 2.16 bits per heavy atom. The van der Waals surface area contributed by atoms with Crippen LogP contribution in [-0.2, 0) is 0 Å². The van der Waals surface area contributed by atoms with Gasteiger partial charge in [-0.2, -0.15) is 0 Å². The minimum atomic E-state index is 0.0386. The number of nitrogens with two attached hydrogens (primary N) is 1. The number of amidine groups is 1. The zero-order chi connectivity index (χ0) is 13.8. The average molecular weight is 260 g/mol. The highest BCUT2D eigenvalue weighted by molar-refractivity contribution is 5.93. The molecule has 4 nitrogen and oxygen atoms in total. The fourth-order valence-electron chi connectivity index (χ4n) is 2.77. The molecule has 0 bridgehead atoms. The predicted molar refractivity (Wildman–Crippen MR) is 79.6 cm³/mol. The maximum atomic E-state index is 7.47. The molecule has 2 heterocycles. The molecule has 0 aromatic carbocycles. The van der Waals surface area contributed by atoms with Gasteiger partial charge in [-0.3, -0.25) is 5.41 Å². The third-order valence-corrected chi connectivity index (χ3v) is 4.05. The number of pyridine rings is 1. The summed E-state index contributed by atoms with van der Waals surface area (Å²) in [6, 6.07) is 5.74. The number of rotatable bonds is 3. The molecule has 0 radical (unpaired) electrons. The van der Waals surface area contributed by atoms with Crippen molar-refractivity contribution in [2.24, 2.45) is 17.6 Å². The van der Waals surface area contributed by atoms with Crippen molar-refractivity contribution < 1.29 is 0 Å². The molecule has 0 spiro atoms. The highest BCUT2D eigenvalue weighted by Crippen LogP contribution is 2.26. The minimum absolute atomic E-state index is 0.0386. The average Bonchev–Trinajstić information content (AvgIpc) is 2.64. The van der Waals surface area contributed by atoms with Crippen LogP contribution in [0, 0.1) is 17.2 Å². The van der Waals surface area contributed by atoms with E-state index >= 15 is 0 Å². The van der Waals surface area contributed by atoms with Crippen molar-refractivity contribution in [3.63, 3.8) is 0 Å². The maximum absolute atomic E-state index is 7.47. The quantitative estimate of drug-likeness (QED) is 0.648. The molecule has 0 amide bonds. The summed E-state index contributed by atoms with van der Waals surface area (Å²) in [4.78, 5) is 6.81. The summed E-state index contributed by atoms with van der Waals surface area (Å²) >= 11 is 0. The molecule has 1 aromatic heterocycles. The first kappa shape index (κ1) is 13.8. The third-order valence-electron chi connectivity index (χ3n) is 4.05. The first-order valence-electron chi connectivity index (χ1n) is 7.14. The van der Waals surface area contributed by atoms with Crippen LogP contribution in [0.4, 0.5) is 5.82 Å². The van der Waals surface area contributed by atoms with Gasteiger partial charge in [0, 0.05) is 13.1 Å². The Hall–Kier alpha value is -1.58. The molecule has 1 aliphatic heterocycles. The summed E-state index contributed by atoms with van der Waals surface area (Å²) in [5.74, 6) is 2.58. The van der Waals surface area contributed by atoms with Crippen LogP contribution >= 0.6 is 0 Å². The Morgan fingerprint density at radius 3 is 2.84 bits per heavy atom. The number of hydrogen-bond donors (Lipinski definition) is 2. The second-order valence-corrected chi connectivity index (χ2v) is 5.72. The lowest BCUT2D eigenvalue weighted by Gasteiger charge is -2.22. The second kappa shape index (κ2) is 6.04. The van der Waals surface area contributed by atoms with Gasteiger partial charge in [0.25, 0.3) is 0 Å². The summed E-state index contributed by atoms with van der Waals surface area (Å²) < 4.78 is 0. The van der Waals surface area contributed by atoms with Crippen molar-refractivity contribution >= 4 is 11.7 Å². The van der Waals surface area contributed by atoms with E-state index in [-0.39, 0.29) is 5.84 Å². The number of hydrogen-bond acceptors (Lipinski definition) is 3. The molecule has 104 valence electrons. The zero-order valence-electron chi connectivity index (χ0n) is 11.9. The minimum Gasteiger partial charge on any atom is -0.382 e. The highest BCUT2D eigenvalue weighted by atomic mass is 15.2. The molecule has 0 saturated carbocycles. The van der Waals surface area contributed by atoms with Crippen LogP contribution in [-0.4, -0.2) is 23.9 Å². The second-order valence-electron chi connectivity index (χ2n) is 5.72. The van der Waals surface area contributed by atoms with Crippen LogP contribution in [0.15, 0.2) is 18.2 Å². The van der Waals surface area contributed by atoms with Crippen molar-refractivity contribution in [2.75, 3.05) is 18.0 Å². The van der Waals surface area contributed by atoms with Crippen LogP contribution in [0.5, 0.6) is 0 Å². The van der Waals surface area contributed by atoms with Crippen LogP contribution in [0.25, 0.3) is 0 Å². The van der Waals surface area contributed by atoms with E-state index in [0.29, 0.717) is 5.69 Å². The molecule has 1 unspecified atom stereocenters. The lowest BCUT2D eigenvalue weighted by molar-refractivity contribution is 0.351. The van der Waals surface area contributed by atoms with Crippen molar-refractivity contribution in [2.45, 2.75) is 33.1 Å². The van der Waals surface area contributed by atoms with Gasteiger partial charge in [-0.25, -0.2) is 4.98 Å². The van der Waals surface area contributed by atoms with Gasteiger partial charge in [0.1, 0.15) is 17.3 Å². The lowest BCUT2D eigenvalue weighted by atomic mass is 9.89. The summed E-state index contributed by atoms with van der Waals surface area (Å²) in [5, 5.41) is 7.47. The number of anilines is 1. The Kier molecular flexibility index (Phi) is 4.40. The third kappa shape index (κ3) is 3.46. The molecule has 1 atom stereocenters. The Balaban J connectivity index is 2.09. The van der Waals surface area contributed by atoms with Gasteiger partial charge in [-0.15, -0.1) is 0 Å². The van der Waals surface area contributed by atoms with E-state index < -0.39 is 0 Å². The summed E-state index contributed by atoms with van der Waals surface area (Å²) in [5.41, 5.74) is 6.08. The van der Waals surface area contributed by atoms with Gasteiger partial charge in [0.05, 0.1) is 0 Å². The molecular weight excluding hydrogens is 236 g/mol. The highest BCUT2D eigenvalue weighted by Gasteiger charge is 2.20. The Bertz CT molecular complexity index is 442. The molecular formula is C15H24N4. The summed E-state index contributed by atoms with van der Waals surface area (Å²) in [6.45, 7) is 6.73. The topological polar surface area (TPSA) is 66.0 Å². The molecule has 4 heteroatoms. The van der Waals surface area contributed by atoms with Gasteiger partial charge in [-0.1, -0.05) is 19.9 Å². The molecule has 19 heavy (non-hydrogen) atoms. The Morgan fingerprint density at radius 1 is 1.37 bits per heavy atom. The van der Waals surface area contributed by atoms with E-state index in [1.807, 2.05) is 12.1 Å². The largest absolute Gasteiger partial charge is 0.382 e. The van der Waals surface area contributed by atoms with Crippen LogP contribution < -0.4 is 10.6 Å². The first-order valence-corrected chi connectivity index (χ1v) is 7.14. The molecule has 1 fully saturated rings. The van der Waals surface area contributed by atoms with Gasteiger partial charge in [-0.05, 0) is 43.2 Å². The van der Waals surface area contributed by atoms with Crippen molar-refractivity contribution in [1.82, 2.24) is 4.98 Å². The SMILES string of the molecule is CC(C)C1CCCN(c2cccc(C(=N)N)n2)CC1. The van der Waals surface area contributed by atoms with Crippen molar-refractivity contribution in [3.05, 3.63) is 23.9 Å². The van der Waals surface area contributed by atoms with Crippen LogP contribution in [0.1, 0.15) is 38.8 Å². The summed E-state index contributed by atoms with van der Waals surface area (Å²) in [7, 11) is 0. The zero-order valence-corrected chi connectivity index (χ0v) is 11.9. The molecule has 3 N–H and O–H groups in total. The summed E-state index contributed by atoms with van der Waals surface area (Å²) in [6.07, 6.45) is 3.75. The number of nitrogen functional groups attached to an aromatic ring is 1. The fourth-order valence-corrected chi connectivity index (χ4v) is 2.77. The van der Waals surface area contributed by atoms with Gasteiger partial charge in [0.2, 0.25) is 0 Å². The lowest BCUT2D eigenvalue weighted by Crippen LogP contribution is -2.26. The predicted octanol–water partition coefficient (Wildman–Crippen LogP) is 2.63. The Labute approximate surface area is 115 Å². The van der Waals surface area contributed by atoms with E-state index in [0.717, 1.165) is 30.7 Å². The fraction of sp³-hybridized carbons (Fsp3) is 0.600. The molecule has 1 saturated heterocycles. The van der Waals surface area contributed by atoms with Gasteiger partial charge in [0.15, 0.2) is 0 Å². The van der Waals surface area contributed by atoms with Crippen molar-refractivity contribution in [3.8, 4) is 0 Å². The van der Waals surface area contributed by atoms with E-state index in [1.165, 1.54) is 19.3 Å². The molecule has 1 aromatic rings. The smallest absolute Gasteiger partial charge is 0.141 e. The molecule has 0 aliphatic carbocycles. The normalized spacial score (nSPS) is 20.4. The monoisotopic (exact) mass is 260 g/mol. The van der Waals surface area contributed by atoms with E-state index in [9.17, 15) is 0 Å². The van der Waals surface area contributed by atoms with Gasteiger partial charge >= 0.3 is 0 Å². The van der Waals surface area contributed by atoms with Gasteiger partial charge < -0.3 is 10.6 Å². The molecule has 1 aliphatic rings. The number of nitrogens with one attached hydrogen (secondary N) is 1. The van der Waals surface area contributed by atoms with E-state index in [4.69, 9.17) is 11.1 Å². The maximum Gasteiger partial charge on any atom is 0.141 e. The number of aromatic nitrogens is 1. The molecule has 2 rings (SSSR count). The van der Waals surface area contributed by atoms with Crippen LogP contribution in [0.2, 0.25) is 0 Å². The van der Waals surface area contributed by atoms with Crippen LogP contribution in [0.3, 0.4) is 0 Å². The van der Waals surface area contributed by atoms with Crippen molar-refractivity contribution in [1.29, 1.82) is 5.41 Å².